The van der Waals surface area contributed by atoms with E-state index in [1.807, 2.05) is 4.90 Å². The largest absolute Gasteiger partial charge is 0.365 e. The lowest BCUT2D eigenvalue weighted by Gasteiger charge is -2.32. The summed E-state index contributed by atoms with van der Waals surface area (Å²) in [4.78, 5) is 14.0. The van der Waals surface area contributed by atoms with Gasteiger partial charge in [-0.2, -0.15) is 0 Å². The van der Waals surface area contributed by atoms with Gasteiger partial charge in [0.25, 0.3) is 0 Å². The molecule has 1 aliphatic rings. The van der Waals surface area contributed by atoms with Crippen molar-refractivity contribution in [2.24, 2.45) is 5.92 Å². The molecule has 1 saturated heterocycles. The number of halogens is 2. The summed E-state index contributed by atoms with van der Waals surface area (Å²) >= 11 is 0. The minimum absolute atomic E-state index is 0.0912. The highest BCUT2D eigenvalue weighted by molar-refractivity contribution is 5.76. The average Bonchev–Trinajstić information content (AvgIpc) is 3.10. The SMILES string of the molecule is O=C(CCc1ccon1)N1CCC(Cc2c(F)cccc2F)CC1. The van der Waals surface area contributed by atoms with Crippen molar-refractivity contribution in [3.05, 3.63) is 53.4 Å². The minimum atomic E-state index is -0.485. The number of carbonyl (C=O) groups is 1. The topological polar surface area (TPSA) is 46.3 Å². The second kappa shape index (κ2) is 7.55. The van der Waals surface area contributed by atoms with E-state index < -0.39 is 11.6 Å². The molecule has 6 heteroatoms. The number of hydrogen-bond donors (Lipinski definition) is 0. The molecular formula is C18H20F2N2O2. The van der Waals surface area contributed by atoms with Crippen molar-refractivity contribution >= 4 is 5.91 Å². The van der Waals surface area contributed by atoms with Gasteiger partial charge in [0, 0.05) is 37.6 Å². The Balaban J connectivity index is 1.48. The fourth-order valence-corrected chi connectivity index (χ4v) is 3.16. The lowest BCUT2D eigenvalue weighted by molar-refractivity contribution is -0.132. The summed E-state index contributed by atoms with van der Waals surface area (Å²) in [5.74, 6) is -0.674. The lowest BCUT2D eigenvalue weighted by atomic mass is 9.89. The summed E-state index contributed by atoms with van der Waals surface area (Å²) < 4.78 is 32.2. The van der Waals surface area contributed by atoms with Crippen LogP contribution in [-0.4, -0.2) is 29.1 Å². The predicted molar refractivity (Wildman–Crippen MR) is 84.2 cm³/mol. The number of benzene rings is 1. The number of amides is 1. The van der Waals surface area contributed by atoms with Crippen molar-refractivity contribution in [1.82, 2.24) is 10.1 Å². The van der Waals surface area contributed by atoms with E-state index in [1.54, 1.807) is 6.07 Å². The normalized spacial score (nSPS) is 15.7. The lowest BCUT2D eigenvalue weighted by Crippen LogP contribution is -2.39. The molecule has 4 nitrogen and oxygen atoms in total. The Morgan fingerprint density at radius 2 is 1.92 bits per heavy atom. The molecule has 1 aromatic carbocycles. The van der Waals surface area contributed by atoms with Crippen molar-refractivity contribution in [3.8, 4) is 0 Å². The van der Waals surface area contributed by atoms with Crippen molar-refractivity contribution in [3.63, 3.8) is 0 Å². The molecule has 3 rings (SSSR count). The molecule has 0 atom stereocenters. The van der Waals surface area contributed by atoms with Crippen LogP contribution in [-0.2, 0) is 17.6 Å². The summed E-state index contributed by atoms with van der Waals surface area (Å²) in [5.41, 5.74) is 0.932. The van der Waals surface area contributed by atoms with E-state index in [2.05, 4.69) is 5.16 Å². The third-order valence-corrected chi connectivity index (χ3v) is 4.61. The number of likely N-dealkylation sites (tertiary alicyclic amines) is 1. The van der Waals surface area contributed by atoms with E-state index in [9.17, 15) is 13.6 Å². The minimum Gasteiger partial charge on any atom is -0.365 e. The monoisotopic (exact) mass is 334 g/mol. The van der Waals surface area contributed by atoms with Gasteiger partial charge in [-0.25, -0.2) is 8.78 Å². The van der Waals surface area contributed by atoms with Crippen LogP contribution in [0.25, 0.3) is 0 Å². The zero-order valence-electron chi connectivity index (χ0n) is 13.4. The first kappa shape index (κ1) is 16.6. The molecule has 0 unspecified atom stereocenters. The van der Waals surface area contributed by atoms with Gasteiger partial charge >= 0.3 is 0 Å². The van der Waals surface area contributed by atoms with Crippen molar-refractivity contribution in [1.29, 1.82) is 0 Å². The first-order chi connectivity index (χ1) is 11.6. The number of carbonyl (C=O) groups excluding carboxylic acids is 1. The molecule has 1 amide bonds. The zero-order valence-corrected chi connectivity index (χ0v) is 13.4. The number of nitrogens with zero attached hydrogens (tertiary/aromatic N) is 2. The van der Waals surface area contributed by atoms with Crippen LogP contribution in [0.5, 0.6) is 0 Å². The highest BCUT2D eigenvalue weighted by Crippen LogP contribution is 2.25. The molecule has 1 aromatic heterocycles. The first-order valence-corrected chi connectivity index (χ1v) is 8.23. The summed E-state index contributed by atoms with van der Waals surface area (Å²) in [6.45, 7) is 1.27. The Morgan fingerprint density at radius 1 is 1.21 bits per heavy atom. The van der Waals surface area contributed by atoms with Crippen LogP contribution < -0.4 is 0 Å². The Morgan fingerprint density at radius 3 is 2.54 bits per heavy atom. The maximum absolute atomic E-state index is 13.7. The van der Waals surface area contributed by atoms with Gasteiger partial charge in [-0.15, -0.1) is 0 Å². The number of rotatable bonds is 5. The smallest absolute Gasteiger partial charge is 0.222 e. The molecule has 0 bridgehead atoms. The second-order valence-electron chi connectivity index (χ2n) is 6.22. The van der Waals surface area contributed by atoms with Crippen LogP contribution in [0.15, 0.2) is 35.1 Å². The van der Waals surface area contributed by atoms with E-state index in [0.29, 0.717) is 32.4 Å². The third kappa shape index (κ3) is 3.99. The van der Waals surface area contributed by atoms with Crippen molar-refractivity contribution in [2.75, 3.05) is 13.1 Å². The van der Waals surface area contributed by atoms with Gasteiger partial charge in [0.15, 0.2) is 0 Å². The number of hydrogen-bond acceptors (Lipinski definition) is 3. The number of aromatic nitrogens is 1. The van der Waals surface area contributed by atoms with E-state index in [-0.39, 0.29) is 17.4 Å². The Kier molecular flexibility index (Phi) is 5.23. The van der Waals surface area contributed by atoms with E-state index in [4.69, 9.17) is 4.52 Å². The molecule has 0 spiro atoms. The van der Waals surface area contributed by atoms with Gasteiger partial charge < -0.3 is 9.42 Å². The fraction of sp³-hybridized carbons (Fsp3) is 0.444. The Hall–Kier alpha value is -2.24. The fourth-order valence-electron chi connectivity index (χ4n) is 3.16. The molecule has 1 aliphatic heterocycles. The Labute approximate surface area is 139 Å². The highest BCUT2D eigenvalue weighted by atomic mass is 19.1. The quantitative estimate of drug-likeness (QED) is 0.842. The third-order valence-electron chi connectivity index (χ3n) is 4.61. The molecule has 1 fully saturated rings. The summed E-state index contributed by atoms with van der Waals surface area (Å²) in [6, 6.07) is 5.72. The standard InChI is InChI=1S/C18H20F2N2O2/c19-16-2-1-3-17(20)15(16)12-13-6-9-22(10-7-13)18(23)5-4-14-8-11-24-21-14/h1-3,8,11,13H,4-7,9-10,12H2. The molecule has 128 valence electrons. The summed E-state index contributed by atoms with van der Waals surface area (Å²) in [5, 5.41) is 3.79. The van der Waals surface area contributed by atoms with Gasteiger partial charge in [0.05, 0.1) is 5.69 Å². The number of aryl methyl sites for hydroxylation is 1. The molecule has 2 aromatic rings. The van der Waals surface area contributed by atoms with Crippen LogP contribution in [0, 0.1) is 17.6 Å². The zero-order chi connectivity index (χ0) is 16.9. The van der Waals surface area contributed by atoms with Gasteiger partial charge in [-0.05, 0) is 37.3 Å². The molecule has 0 saturated carbocycles. The van der Waals surface area contributed by atoms with Crippen LogP contribution in [0.2, 0.25) is 0 Å². The Bertz CT molecular complexity index is 660. The van der Waals surface area contributed by atoms with Crippen molar-refractivity contribution < 1.29 is 18.1 Å². The van der Waals surface area contributed by atoms with Crippen LogP contribution >= 0.6 is 0 Å². The van der Waals surface area contributed by atoms with Crippen LogP contribution in [0.4, 0.5) is 8.78 Å². The van der Waals surface area contributed by atoms with E-state index in [0.717, 1.165) is 18.5 Å². The summed E-state index contributed by atoms with van der Waals surface area (Å²) in [7, 11) is 0. The van der Waals surface area contributed by atoms with Gasteiger partial charge in [-0.3, -0.25) is 4.79 Å². The van der Waals surface area contributed by atoms with Gasteiger partial charge in [-0.1, -0.05) is 11.2 Å². The maximum Gasteiger partial charge on any atom is 0.222 e. The van der Waals surface area contributed by atoms with E-state index >= 15 is 0 Å². The molecule has 0 N–H and O–H groups in total. The molecule has 0 aliphatic carbocycles. The van der Waals surface area contributed by atoms with Crippen molar-refractivity contribution in [2.45, 2.75) is 32.1 Å². The highest BCUT2D eigenvalue weighted by Gasteiger charge is 2.24. The van der Waals surface area contributed by atoms with Crippen LogP contribution in [0.1, 0.15) is 30.5 Å². The van der Waals surface area contributed by atoms with Gasteiger partial charge in [0.1, 0.15) is 17.9 Å². The molecular weight excluding hydrogens is 314 g/mol. The van der Waals surface area contributed by atoms with Gasteiger partial charge in [0.2, 0.25) is 5.91 Å². The predicted octanol–water partition coefficient (Wildman–Crippen LogP) is 3.37. The molecule has 24 heavy (non-hydrogen) atoms. The molecule has 0 radical (unpaired) electrons. The summed E-state index contributed by atoms with van der Waals surface area (Å²) in [6.07, 6.45) is 4.38. The second-order valence-corrected chi connectivity index (χ2v) is 6.22. The van der Waals surface area contributed by atoms with Crippen LogP contribution in [0.3, 0.4) is 0 Å². The van der Waals surface area contributed by atoms with E-state index in [1.165, 1.54) is 24.5 Å². The molecule has 2 heterocycles. The maximum atomic E-state index is 13.7. The first-order valence-electron chi connectivity index (χ1n) is 8.23. The number of piperidine rings is 1. The average molecular weight is 334 g/mol.